The van der Waals surface area contributed by atoms with Crippen molar-refractivity contribution in [1.82, 2.24) is 20.4 Å². The summed E-state index contributed by atoms with van der Waals surface area (Å²) in [5.41, 5.74) is 2.11. The van der Waals surface area contributed by atoms with E-state index in [1.807, 2.05) is 20.2 Å². The van der Waals surface area contributed by atoms with Gasteiger partial charge in [0.05, 0.1) is 19.3 Å². The van der Waals surface area contributed by atoms with Crippen molar-refractivity contribution in [2.75, 3.05) is 31.1 Å². The van der Waals surface area contributed by atoms with E-state index in [9.17, 15) is 5.11 Å². The molecule has 1 aromatic carbocycles. The zero-order chi connectivity index (χ0) is 20.0. The summed E-state index contributed by atoms with van der Waals surface area (Å²) in [4.78, 5) is 7.00. The summed E-state index contributed by atoms with van der Waals surface area (Å²) in [5, 5.41) is 21.4. The largest absolute Gasteiger partial charge is 0.383 e. The number of rotatable bonds is 7. The van der Waals surface area contributed by atoms with Crippen LogP contribution in [0.3, 0.4) is 0 Å². The van der Waals surface area contributed by atoms with Crippen LogP contribution in [0.2, 0.25) is 0 Å². The molecule has 0 radical (unpaired) electrons. The topological polar surface area (TPSA) is 77.7 Å². The molecule has 1 aromatic heterocycles. The molecule has 0 bridgehead atoms. The minimum atomic E-state index is -1.03. The van der Waals surface area contributed by atoms with Crippen molar-refractivity contribution in [2.45, 2.75) is 26.0 Å². The summed E-state index contributed by atoms with van der Waals surface area (Å²) < 4.78 is 1.69. The molecule has 7 heteroatoms. The molecule has 1 atom stereocenters. The fraction of sp³-hybridized carbons (Fsp3) is 0.429. The Morgan fingerprint density at radius 3 is 2.75 bits per heavy atom. The number of anilines is 1. The van der Waals surface area contributed by atoms with Gasteiger partial charge in [0.2, 0.25) is 0 Å². The van der Waals surface area contributed by atoms with Gasteiger partial charge in [-0.05, 0) is 31.5 Å². The molecule has 1 unspecified atom stereocenters. The van der Waals surface area contributed by atoms with Crippen LogP contribution >= 0.6 is 0 Å². The number of aliphatic hydroxyl groups is 1. The van der Waals surface area contributed by atoms with Crippen molar-refractivity contribution in [1.29, 1.82) is 0 Å². The Hall–Kier alpha value is -2.80. The van der Waals surface area contributed by atoms with Crippen LogP contribution < -0.4 is 15.5 Å². The van der Waals surface area contributed by atoms with E-state index in [-0.39, 0.29) is 0 Å². The number of aromatic nitrogens is 2. The first kappa shape index (κ1) is 19.9. The number of aliphatic imine (C=N–C) groups is 1. The van der Waals surface area contributed by atoms with E-state index in [1.54, 1.807) is 17.8 Å². The Morgan fingerprint density at radius 2 is 2.07 bits per heavy atom. The number of nitrogens with one attached hydrogen (secondary N) is 2. The van der Waals surface area contributed by atoms with E-state index in [4.69, 9.17) is 0 Å². The standard InChI is InChI=1S/C21H30N6O/c1-4-22-20(24-16-21(2,28)18-14-25-26(3)15-18)23-13-17-8-7-9-19(12-17)27-10-5-6-11-27/h5-9,12,14-15,28H,4,10-11,13,16H2,1-3H3,(H2,22,23,24). The Labute approximate surface area is 166 Å². The Bertz CT molecular complexity index is 831. The molecule has 0 spiro atoms. The molecule has 0 amide bonds. The van der Waals surface area contributed by atoms with Crippen molar-refractivity contribution in [3.05, 3.63) is 59.9 Å². The summed E-state index contributed by atoms with van der Waals surface area (Å²) in [5.74, 6) is 0.680. The predicted octanol–water partition coefficient (Wildman–Crippen LogP) is 1.76. The van der Waals surface area contributed by atoms with Crippen LogP contribution in [0.1, 0.15) is 25.0 Å². The summed E-state index contributed by atoms with van der Waals surface area (Å²) in [6, 6.07) is 8.48. The lowest BCUT2D eigenvalue weighted by molar-refractivity contribution is 0.0616. The van der Waals surface area contributed by atoms with E-state index in [0.717, 1.165) is 30.8 Å². The average molecular weight is 383 g/mol. The third-order valence-corrected chi connectivity index (χ3v) is 4.78. The zero-order valence-electron chi connectivity index (χ0n) is 16.9. The van der Waals surface area contributed by atoms with E-state index >= 15 is 0 Å². The normalized spacial score (nSPS) is 16.3. The molecule has 28 heavy (non-hydrogen) atoms. The molecule has 150 valence electrons. The van der Waals surface area contributed by atoms with Gasteiger partial charge in [0.25, 0.3) is 0 Å². The Balaban J connectivity index is 1.63. The Morgan fingerprint density at radius 1 is 1.29 bits per heavy atom. The third-order valence-electron chi connectivity index (χ3n) is 4.78. The predicted molar refractivity (Wildman–Crippen MR) is 113 cm³/mol. The lowest BCUT2D eigenvalue weighted by Crippen LogP contribution is -2.44. The number of hydrogen-bond donors (Lipinski definition) is 3. The lowest BCUT2D eigenvalue weighted by atomic mass is 10.00. The second kappa shape index (κ2) is 8.93. The van der Waals surface area contributed by atoms with Gasteiger partial charge in [-0.2, -0.15) is 5.10 Å². The number of nitrogens with zero attached hydrogens (tertiary/aromatic N) is 4. The highest BCUT2D eigenvalue weighted by atomic mass is 16.3. The molecule has 2 heterocycles. The van der Waals surface area contributed by atoms with Crippen LogP contribution in [0.4, 0.5) is 5.69 Å². The van der Waals surface area contributed by atoms with Gasteiger partial charge in [0.1, 0.15) is 5.60 Å². The van der Waals surface area contributed by atoms with Crippen molar-refractivity contribution >= 4 is 11.6 Å². The minimum Gasteiger partial charge on any atom is -0.383 e. The smallest absolute Gasteiger partial charge is 0.191 e. The van der Waals surface area contributed by atoms with Gasteiger partial charge >= 0.3 is 0 Å². The molecule has 3 rings (SSSR count). The van der Waals surface area contributed by atoms with Gasteiger partial charge in [-0.15, -0.1) is 0 Å². The van der Waals surface area contributed by atoms with Crippen molar-refractivity contribution in [2.24, 2.45) is 12.0 Å². The monoisotopic (exact) mass is 382 g/mol. The van der Waals surface area contributed by atoms with Crippen LogP contribution in [-0.4, -0.2) is 47.0 Å². The first-order valence-corrected chi connectivity index (χ1v) is 9.70. The van der Waals surface area contributed by atoms with E-state index < -0.39 is 5.60 Å². The molecule has 0 saturated heterocycles. The second-order valence-electron chi connectivity index (χ2n) is 7.27. The van der Waals surface area contributed by atoms with E-state index in [1.165, 1.54) is 5.69 Å². The maximum atomic E-state index is 10.7. The van der Waals surface area contributed by atoms with Gasteiger partial charge in [-0.25, -0.2) is 4.99 Å². The fourth-order valence-corrected chi connectivity index (χ4v) is 3.11. The van der Waals surface area contributed by atoms with Crippen LogP contribution in [-0.2, 0) is 19.2 Å². The second-order valence-corrected chi connectivity index (χ2v) is 7.27. The quantitative estimate of drug-likeness (QED) is 0.386. The average Bonchev–Trinajstić information content (AvgIpc) is 3.36. The highest BCUT2D eigenvalue weighted by Gasteiger charge is 2.25. The van der Waals surface area contributed by atoms with Gasteiger partial charge in [0, 0.05) is 44.1 Å². The van der Waals surface area contributed by atoms with Crippen molar-refractivity contribution in [3.63, 3.8) is 0 Å². The highest BCUT2D eigenvalue weighted by Crippen LogP contribution is 2.20. The number of aryl methyl sites for hydroxylation is 1. The van der Waals surface area contributed by atoms with Crippen molar-refractivity contribution < 1.29 is 5.11 Å². The maximum absolute atomic E-state index is 10.7. The molecular formula is C21H30N6O. The van der Waals surface area contributed by atoms with Gasteiger partial charge in [0.15, 0.2) is 5.96 Å². The van der Waals surface area contributed by atoms with Crippen LogP contribution in [0.5, 0.6) is 0 Å². The molecular weight excluding hydrogens is 352 g/mol. The maximum Gasteiger partial charge on any atom is 0.191 e. The summed E-state index contributed by atoms with van der Waals surface area (Å²) in [6.07, 6.45) is 7.88. The Kier molecular flexibility index (Phi) is 6.36. The number of guanidine groups is 1. The SMILES string of the molecule is CCNC(=NCc1cccc(N2CC=CC2)c1)NCC(C)(O)c1cnn(C)c1. The summed E-state index contributed by atoms with van der Waals surface area (Å²) in [6.45, 7) is 7.37. The highest BCUT2D eigenvalue weighted by molar-refractivity contribution is 5.79. The van der Waals surface area contributed by atoms with Gasteiger partial charge in [-0.3, -0.25) is 4.68 Å². The lowest BCUT2D eigenvalue weighted by Gasteiger charge is -2.23. The number of hydrogen-bond acceptors (Lipinski definition) is 4. The zero-order valence-corrected chi connectivity index (χ0v) is 16.9. The first-order valence-electron chi connectivity index (χ1n) is 9.70. The molecule has 1 aliphatic rings. The van der Waals surface area contributed by atoms with E-state index in [2.05, 4.69) is 62.0 Å². The van der Waals surface area contributed by atoms with Crippen LogP contribution in [0.25, 0.3) is 0 Å². The molecule has 1 aliphatic heterocycles. The number of benzene rings is 1. The first-order chi connectivity index (χ1) is 13.5. The third kappa shape index (κ3) is 5.13. The fourth-order valence-electron chi connectivity index (χ4n) is 3.11. The van der Waals surface area contributed by atoms with Crippen LogP contribution in [0, 0.1) is 0 Å². The van der Waals surface area contributed by atoms with Gasteiger partial charge in [-0.1, -0.05) is 24.3 Å². The van der Waals surface area contributed by atoms with Crippen molar-refractivity contribution in [3.8, 4) is 0 Å². The molecule has 7 nitrogen and oxygen atoms in total. The molecule has 2 aromatic rings. The molecule has 3 N–H and O–H groups in total. The minimum absolute atomic E-state index is 0.337. The molecule has 0 saturated carbocycles. The van der Waals surface area contributed by atoms with Gasteiger partial charge < -0.3 is 20.6 Å². The molecule has 0 fully saturated rings. The van der Waals surface area contributed by atoms with Crippen LogP contribution in [0.15, 0.2) is 53.8 Å². The summed E-state index contributed by atoms with van der Waals surface area (Å²) >= 11 is 0. The van der Waals surface area contributed by atoms with E-state index in [0.29, 0.717) is 19.0 Å². The molecule has 0 aliphatic carbocycles. The summed E-state index contributed by atoms with van der Waals surface area (Å²) in [7, 11) is 1.84.